The summed E-state index contributed by atoms with van der Waals surface area (Å²) < 4.78 is 3.35. The largest absolute Gasteiger partial charge is 0.477 e. The minimum atomic E-state index is -1.10. The standard InChI is InChI=1S/C17H12BrClN4O3.C9H5BrClN3O2.C7H8N2O2/c1-10-4-2-6-13(23(25)26)11(10)8-15(24)14-9-16(18)21-22(14)17-12(19)5-3-7-20-17;10-7-4-6(9(15)16)14(13-7)8-5(11)2-1-3-12-8;1-5-3-2-4-6(7(5)8)9(10)11/h2-7,9H,8H2,1H3;1-4H,(H,15,16);2-4H,8H2,1H3. The Bertz CT molecular complexity index is 2350. The van der Waals surface area contributed by atoms with Gasteiger partial charge in [0.15, 0.2) is 23.1 Å². The molecule has 272 valence electrons. The summed E-state index contributed by atoms with van der Waals surface area (Å²) in [6.45, 7) is 3.47. The Morgan fingerprint density at radius 2 is 1.25 bits per heavy atom. The molecule has 0 unspecified atom stereocenters. The number of ketones is 1. The van der Waals surface area contributed by atoms with Crippen LogP contribution in [0.1, 0.15) is 37.7 Å². The number of carboxylic acid groups (broad SMARTS) is 1. The number of aromatic carboxylic acids is 1. The topological polar surface area (TPSA) is 228 Å². The van der Waals surface area contributed by atoms with Crippen LogP contribution in [0.2, 0.25) is 10.0 Å². The van der Waals surface area contributed by atoms with E-state index < -0.39 is 15.8 Å². The lowest BCUT2D eigenvalue weighted by atomic mass is 10.00. The molecule has 0 bridgehead atoms. The molecule has 0 atom stereocenters. The SMILES string of the molecule is Cc1cccc([N+](=O)[O-])c1CC(=O)c1cc(Br)nn1-c1ncccc1Cl.Cc1cccc([N+](=O)[O-])c1N.O=C(O)c1cc(Br)nn1-c1ncccc1Cl. The smallest absolute Gasteiger partial charge is 0.354 e. The highest BCUT2D eigenvalue weighted by Gasteiger charge is 2.24. The van der Waals surface area contributed by atoms with E-state index in [1.807, 2.05) is 0 Å². The van der Waals surface area contributed by atoms with Crippen molar-refractivity contribution in [1.82, 2.24) is 29.5 Å². The van der Waals surface area contributed by atoms with Crippen molar-refractivity contribution in [2.75, 3.05) is 5.73 Å². The molecule has 0 radical (unpaired) electrons. The van der Waals surface area contributed by atoms with Crippen molar-refractivity contribution in [2.45, 2.75) is 20.3 Å². The number of para-hydroxylation sites is 1. The highest BCUT2D eigenvalue weighted by atomic mass is 79.9. The minimum absolute atomic E-state index is 0.00697. The van der Waals surface area contributed by atoms with E-state index in [0.717, 1.165) is 5.56 Å². The van der Waals surface area contributed by atoms with E-state index in [4.69, 9.17) is 34.0 Å². The number of carbonyl (C=O) groups is 2. The summed E-state index contributed by atoms with van der Waals surface area (Å²) in [6.07, 6.45) is 2.92. The molecular weight excluding hydrogens is 865 g/mol. The van der Waals surface area contributed by atoms with E-state index in [2.05, 4.69) is 52.0 Å². The van der Waals surface area contributed by atoms with Crippen LogP contribution in [0.25, 0.3) is 11.6 Å². The lowest BCUT2D eigenvalue weighted by Gasteiger charge is -2.09. The predicted molar refractivity (Wildman–Crippen MR) is 203 cm³/mol. The van der Waals surface area contributed by atoms with Crippen LogP contribution in [0.3, 0.4) is 0 Å². The molecule has 0 amide bonds. The number of pyridine rings is 2. The van der Waals surface area contributed by atoms with E-state index in [1.165, 1.54) is 46.0 Å². The number of aromatic nitrogens is 6. The van der Waals surface area contributed by atoms with Gasteiger partial charge in [-0.25, -0.2) is 24.1 Å². The molecule has 6 rings (SSSR count). The molecule has 0 aliphatic rings. The van der Waals surface area contributed by atoms with Crippen LogP contribution in [-0.4, -0.2) is 56.2 Å². The van der Waals surface area contributed by atoms with Gasteiger partial charge in [0.25, 0.3) is 11.4 Å². The first-order valence-electron chi connectivity index (χ1n) is 14.8. The summed E-state index contributed by atoms with van der Waals surface area (Å²) in [4.78, 5) is 52.6. The summed E-state index contributed by atoms with van der Waals surface area (Å²) >= 11 is 18.4. The molecule has 3 N–H and O–H groups in total. The highest BCUT2D eigenvalue weighted by Crippen LogP contribution is 2.27. The van der Waals surface area contributed by atoms with Gasteiger partial charge in [0.2, 0.25) is 0 Å². The third-order valence-corrected chi connectivity index (χ3v) is 8.53. The number of carbonyl (C=O) groups excluding carboxylic acids is 1. The molecule has 0 aliphatic carbocycles. The number of halogens is 4. The zero-order chi connectivity index (χ0) is 39.0. The molecule has 6 aromatic rings. The Labute approximate surface area is 326 Å². The Morgan fingerprint density at radius 1 is 0.774 bits per heavy atom. The molecule has 0 fully saturated rings. The van der Waals surface area contributed by atoms with Crippen molar-refractivity contribution in [3.63, 3.8) is 0 Å². The summed E-state index contributed by atoms with van der Waals surface area (Å²) in [5.74, 6) is -0.836. The predicted octanol–water partition coefficient (Wildman–Crippen LogP) is 8.19. The summed E-state index contributed by atoms with van der Waals surface area (Å²) in [5.41, 5.74) is 7.59. The summed E-state index contributed by atoms with van der Waals surface area (Å²) in [5, 5.41) is 39.4. The van der Waals surface area contributed by atoms with Crippen LogP contribution in [0.15, 0.2) is 94.4 Å². The van der Waals surface area contributed by atoms with Gasteiger partial charge in [0, 0.05) is 48.6 Å². The number of benzene rings is 2. The van der Waals surface area contributed by atoms with Crippen LogP contribution >= 0.6 is 55.1 Å². The van der Waals surface area contributed by atoms with Crippen LogP contribution in [0, 0.1) is 34.1 Å². The molecule has 20 heteroatoms. The first-order chi connectivity index (χ1) is 25.1. The highest BCUT2D eigenvalue weighted by molar-refractivity contribution is 9.10. The zero-order valence-corrected chi connectivity index (χ0v) is 32.0. The number of Topliss-reactive ketones (excluding diaryl/α,β-unsaturated/α-hetero) is 1. The van der Waals surface area contributed by atoms with E-state index in [9.17, 15) is 29.8 Å². The van der Waals surface area contributed by atoms with Gasteiger partial charge in [-0.1, -0.05) is 47.5 Å². The number of nitrogens with two attached hydrogens (primary N) is 1. The van der Waals surface area contributed by atoms with Crippen LogP contribution in [-0.2, 0) is 6.42 Å². The normalized spacial score (nSPS) is 10.4. The first-order valence-corrected chi connectivity index (χ1v) is 17.2. The Hall–Kier alpha value is -5.56. The van der Waals surface area contributed by atoms with Crippen molar-refractivity contribution in [3.05, 3.63) is 153 Å². The zero-order valence-electron chi connectivity index (χ0n) is 27.4. The van der Waals surface area contributed by atoms with Crippen molar-refractivity contribution < 1.29 is 24.5 Å². The fourth-order valence-electron chi connectivity index (χ4n) is 4.61. The molecule has 0 saturated heterocycles. The third kappa shape index (κ3) is 9.86. The summed E-state index contributed by atoms with van der Waals surface area (Å²) in [7, 11) is 0. The second-order valence-electron chi connectivity index (χ2n) is 10.6. The molecule has 2 aromatic carbocycles. The Balaban J connectivity index is 0.000000197. The van der Waals surface area contributed by atoms with Gasteiger partial charge in [-0.3, -0.25) is 25.0 Å². The van der Waals surface area contributed by atoms with Gasteiger partial charge in [-0.15, -0.1) is 0 Å². The molecule has 16 nitrogen and oxygen atoms in total. The van der Waals surface area contributed by atoms with Gasteiger partial charge in [0.1, 0.15) is 20.6 Å². The number of rotatable bonds is 8. The molecule has 0 aliphatic heterocycles. The molecule has 4 aromatic heterocycles. The van der Waals surface area contributed by atoms with Crippen LogP contribution < -0.4 is 5.73 Å². The number of nitrogen functional groups attached to an aromatic ring is 1. The minimum Gasteiger partial charge on any atom is -0.477 e. The Morgan fingerprint density at radius 3 is 1.72 bits per heavy atom. The van der Waals surface area contributed by atoms with Crippen LogP contribution in [0.5, 0.6) is 0 Å². The molecule has 53 heavy (non-hydrogen) atoms. The van der Waals surface area contributed by atoms with Gasteiger partial charge in [-0.2, -0.15) is 10.2 Å². The first kappa shape index (κ1) is 40.2. The number of hydrogen-bond donors (Lipinski definition) is 2. The fourth-order valence-corrected chi connectivity index (χ4v) is 5.76. The van der Waals surface area contributed by atoms with Crippen molar-refractivity contribution in [1.29, 1.82) is 0 Å². The maximum atomic E-state index is 12.9. The van der Waals surface area contributed by atoms with Crippen molar-refractivity contribution in [3.8, 4) is 11.6 Å². The molecule has 0 spiro atoms. The number of carboxylic acids is 1. The number of hydrogen-bond acceptors (Lipinski definition) is 11. The second-order valence-corrected chi connectivity index (χ2v) is 13.1. The van der Waals surface area contributed by atoms with Gasteiger partial charge >= 0.3 is 5.97 Å². The summed E-state index contributed by atoms with van der Waals surface area (Å²) in [6, 6.07) is 19.0. The van der Waals surface area contributed by atoms with Crippen LogP contribution in [0.4, 0.5) is 17.1 Å². The van der Waals surface area contributed by atoms with E-state index in [-0.39, 0.29) is 46.5 Å². The van der Waals surface area contributed by atoms with Gasteiger partial charge in [0.05, 0.1) is 19.9 Å². The quantitative estimate of drug-likeness (QED) is 0.0638. The van der Waals surface area contributed by atoms with Crippen molar-refractivity contribution >= 4 is 83.9 Å². The van der Waals surface area contributed by atoms with Gasteiger partial charge < -0.3 is 10.8 Å². The average molecular weight is 890 g/mol. The van der Waals surface area contributed by atoms with E-state index >= 15 is 0 Å². The molecule has 4 heterocycles. The number of nitro groups is 2. The van der Waals surface area contributed by atoms with Gasteiger partial charge in [-0.05, 0) is 81.1 Å². The second kappa shape index (κ2) is 17.8. The maximum absolute atomic E-state index is 12.9. The fraction of sp³-hybridized carbons (Fsp3) is 0.0909. The van der Waals surface area contributed by atoms with Crippen molar-refractivity contribution in [2.24, 2.45) is 0 Å². The number of nitrogens with zero attached hydrogens (tertiary/aromatic N) is 8. The number of anilines is 1. The third-order valence-electron chi connectivity index (χ3n) is 7.16. The average Bonchev–Trinajstić information content (AvgIpc) is 3.70. The lowest BCUT2D eigenvalue weighted by Crippen LogP contribution is -2.14. The van der Waals surface area contributed by atoms with E-state index in [0.29, 0.717) is 36.2 Å². The number of aryl methyl sites for hydroxylation is 2. The number of nitro benzene ring substituents is 2. The molecular formula is C33H25Br2Cl2N9O7. The lowest BCUT2D eigenvalue weighted by molar-refractivity contribution is -0.385. The maximum Gasteiger partial charge on any atom is 0.354 e. The monoisotopic (exact) mass is 887 g/mol. The molecule has 0 saturated carbocycles. The Kier molecular flexibility index (Phi) is 13.5. The van der Waals surface area contributed by atoms with E-state index in [1.54, 1.807) is 62.4 Å².